The number of aliphatic hydroxyl groups excluding tert-OH is 1. The summed E-state index contributed by atoms with van der Waals surface area (Å²) in [4.78, 5) is 11.1. The summed E-state index contributed by atoms with van der Waals surface area (Å²) in [6.45, 7) is 1.48. The molecule has 0 aromatic heterocycles. The molecule has 0 bridgehead atoms. The Morgan fingerprint density at radius 2 is 2.00 bits per heavy atom. The van der Waals surface area contributed by atoms with Gasteiger partial charge in [-0.2, -0.15) is 13.2 Å². The summed E-state index contributed by atoms with van der Waals surface area (Å²) in [5, 5.41) is 9.92. The average molecular weight is 294 g/mol. The van der Waals surface area contributed by atoms with Crippen molar-refractivity contribution in [2.45, 2.75) is 25.6 Å². The molecule has 0 amide bonds. The van der Waals surface area contributed by atoms with Gasteiger partial charge >= 0.3 is 12.1 Å². The molecule has 0 saturated carbocycles. The van der Waals surface area contributed by atoms with Crippen LogP contribution in [0.15, 0.2) is 18.2 Å². The van der Waals surface area contributed by atoms with Gasteiger partial charge in [0.05, 0.1) is 25.2 Å². The molecule has 20 heavy (non-hydrogen) atoms. The van der Waals surface area contributed by atoms with E-state index >= 15 is 0 Å². The minimum Gasteiger partial charge on any atom is -0.469 e. The van der Waals surface area contributed by atoms with Crippen LogP contribution in [-0.2, 0) is 15.7 Å². The molecule has 0 fully saturated rings. The fourth-order valence-electron chi connectivity index (χ4n) is 1.73. The van der Waals surface area contributed by atoms with Crippen LogP contribution in [-0.4, -0.2) is 18.2 Å². The van der Waals surface area contributed by atoms with Gasteiger partial charge in [0.1, 0.15) is 5.82 Å². The van der Waals surface area contributed by atoms with Crippen LogP contribution in [0.5, 0.6) is 0 Å². The van der Waals surface area contributed by atoms with Gasteiger partial charge in [-0.1, -0.05) is 13.0 Å². The first-order valence-electron chi connectivity index (χ1n) is 5.78. The Labute approximate surface area is 113 Å². The van der Waals surface area contributed by atoms with Crippen LogP contribution in [0.3, 0.4) is 0 Å². The van der Waals surface area contributed by atoms with Gasteiger partial charge in [-0.3, -0.25) is 4.79 Å². The molecule has 7 heteroatoms. The summed E-state index contributed by atoms with van der Waals surface area (Å²) < 4.78 is 55.2. The monoisotopic (exact) mass is 294 g/mol. The largest absolute Gasteiger partial charge is 0.469 e. The lowest BCUT2D eigenvalue weighted by molar-refractivity contribution is -0.143. The lowest BCUT2D eigenvalue weighted by Crippen LogP contribution is -2.16. The average Bonchev–Trinajstić information content (AvgIpc) is 2.36. The van der Waals surface area contributed by atoms with Gasteiger partial charge in [0, 0.05) is 0 Å². The van der Waals surface area contributed by atoms with Crippen LogP contribution in [0.1, 0.15) is 30.6 Å². The Kier molecular flexibility index (Phi) is 5.10. The number of rotatable bonds is 4. The zero-order chi connectivity index (χ0) is 15.5. The lowest BCUT2D eigenvalue weighted by atomic mass is 9.93. The summed E-state index contributed by atoms with van der Waals surface area (Å²) >= 11 is 0. The van der Waals surface area contributed by atoms with E-state index < -0.39 is 35.5 Å². The van der Waals surface area contributed by atoms with E-state index in [4.69, 9.17) is 0 Å². The number of hydrogen-bond acceptors (Lipinski definition) is 3. The quantitative estimate of drug-likeness (QED) is 0.685. The predicted octanol–water partition coefficient (Wildman–Crippen LogP) is 3.08. The van der Waals surface area contributed by atoms with E-state index in [1.54, 1.807) is 0 Å². The topological polar surface area (TPSA) is 46.5 Å². The molecule has 0 heterocycles. The Morgan fingerprint density at radius 3 is 2.50 bits per heavy atom. The van der Waals surface area contributed by atoms with Crippen LogP contribution < -0.4 is 0 Å². The Balaban J connectivity index is 2.99. The minimum absolute atomic E-state index is 0.102. The third kappa shape index (κ3) is 3.93. The third-order valence-electron chi connectivity index (χ3n) is 2.89. The molecule has 1 N–H and O–H groups in total. The van der Waals surface area contributed by atoms with E-state index in [0.29, 0.717) is 12.1 Å². The maximum Gasteiger partial charge on any atom is 0.419 e. The molecular formula is C13H14F4O3. The van der Waals surface area contributed by atoms with Crippen LogP contribution in [0, 0.1) is 11.7 Å². The van der Waals surface area contributed by atoms with Crippen LogP contribution in [0.25, 0.3) is 0 Å². The first-order chi connectivity index (χ1) is 9.16. The predicted molar refractivity (Wildman–Crippen MR) is 62.2 cm³/mol. The molecule has 2 unspecified atom stereocenters. The zero-order valence-electron chi connectivity index (χ0n) is 10.9. The maximum atomic E-state index is 13.1. The lowest BCUT2D eigenvalue weighted by Gasteiger charge is -2.19. The van der Waals surface area contributed by atoms with Gasteiger partial charge in [-0.25, -0.2) is 4.39 Å². The Bertz CT molecular complexity index is 485. The highest BCUT2D eigenvalue weighted by atomic mass is 19.4. The number of carbonyl (C=O) groups is 1. The molecule has 1 rings (SSSR count). The van der Waals surface area contributed by atoms with E-state index in [-0.39, 0.29) is 12.0 Å². The van der Waals surface area contributed by atoms with Crippen LogP contribution >= 0.6 is 0 Å². The van der Waals surface area contributed by atoms with Crippen molar-refractivity contribution in [3.8, 4) is 0 Å². The van der Waals surface area contributed by atoms with Crippen molar-refractivity contribution in [1.29, 1.82) is 0 Å². The van der Waals surface area contributed by atoms with Crippen LogP contribution in [0.4, 0.5) is 17.6 Å². The second-order valence-electron chi connectivity index (χ2n) is 4.44. The summed E-state index contributed by atoms with van der Waals surface area (Å²) in [7, 11) is 1.17. The number of ether oxygens (including phenoxy) is 1. The van der Waals surface area contributed by atoms with Gasteiger partial charge in [0.2, 0.25) is 0 Å². The van der Waals surface area contributed by atoms with Crippen molar-refractivity contribution >= 4 is 5.97 Å². The number of esters is 1. The van der Waals surface area contributed by atoms with Crippen molar-refractivity contribution in [3.05, 3.63) is 35.1 Å². The summed E-state index contributed by atoms with van der Waals surface area (Å²) in [6, 6.07) is 2.25. The van der Waals surface area contributed by atoms with Gasteiger partial charge in [0.15, 0.2) is 0 Å². The number of hydrogen-bond donors (Lipinski definition) is 1. The first-order valence-corrected chi connectivity index (χ1v) is 5.78. The fourth-order valence-corrected chi connectivity index (χ4v) is 1.73. The molecule has 0 saturated heterocycles. The molecule has 0 aliphatic carbocycles. The molecule has 3 nitrogen and oxygen atoms in total. The van der Waals surface area contributed by atoms with Crippen molar-refractivity contribution in [3.63, 3.8) is 0 Å². The maximum absolute atomic E-state index is 13.1. The molecule has 0 spiro atoms. The molecule has 1 aromatic rings. The molecule has 2 atom stereocenters. The summed E-state index contributed by atoms with van der Waals surface area (Å²) in [5.74, 6) is -2.65. The minimum atomic E-state index is -4.84. The van der Waals surface area contributed by atoms with Crippen LogP contribution in [0.2, 0.25) is 0 Å². The normalized spacial score (nSPS) is 14.8. The van der Waals surface area contributed by atoms with E-state index in [1.807, 2.05) is 0 Å². The second kappa shape index (κ2) is 6.21. The third-order valence-corrected chi connectivity index (χ3v) is 2.89. The summed E-state index contributed by atoms with van der Waals surface area (Å²) in [6.07, 6.45) is -6.32. The van der Waals surface area contributed by atoms with E-state index in [2.05, 4.69) is 4.74 Å². The highest BCUT2D eigenvalue weighted by molar-refractivity contribution is 5.69. The number of methoxy groups -OCH3 is 1. The van der Waals surface area contributed by atoms with E-state index in [0.717, 1.165) is 6.07 Å². The van der Waals surface area contributed by atoms with Gasteiger partial charge in [-0.05, 0) is 23.6 Å². The molecule has 0 radical (unpaired) electrons. The Hall–Kier alpha value is -1.63. The highest BCUT2D eigenvalue weighted by Crippen LogP contribution is 2.34. The van der Waals surface area contributed by atoms with Gasteiger partial charge < -0.3 is 9.84 Å². The zero-order valence-corrected chi connectivity index (χ0v) is 10.9. The number of benzene rings is 1. The highest BCUT2D eigenvalue weighted by Gasteiger charge is 2.35. The second-order valence-corrected chi connectivity index (χ2v) is 4.44. The van der Waals surface area contributed by atoms with Crippen molar-refractivity contribution in [2.75, 3.05) is 7.11 Å². The van der Waals surface area contributed by atoms with Gasteiger partial charge in [-0.15, -0.1) is 0 Å². The molecule has 1 aromatic carbocycles. The fraction of sp³-hybridized carbons (Fsp3) is 0.462. The van der Waals surface area contributed by atoms with Crippen molar-refractivity contribution in [2.24, 2.45) is 5.92 Å². The number of halogens is 4. The van der Waals surface area contributed by atoms with E-state index in [1.165, 1.54) is 14.0 Å². The number of alkyl halides is 3. The molecular weight excluding hydrogens is 280 g/mol. The molecule has 0 aliphatic rings. The van der Waals surface area contributed by atoms with Crippen molar-refractivity contribution in [1.82, 2.24) is 0 Å². The Morgan fingerprint density at radius 1 is 1.40 bits per heavy atom. The smallest absolute Gasteiger partial charge is 0.419 e. The molecule has 0 aliphatic heterocycles. The molecule has 112 valence electrons. The number of carbonyl (C=O) groups excluding carboxylic acids is 1. The van der Waals surface area contributed by atoms with E-state index in [9.17, 15) is 27.5 Å². The number of aliphatic hydroxyl groups is 1. The van der Waals surface area contributed by atoms with Crippen molar-refractivity contribution < 1.29 is 32.2 Å². The van der Waals surface area contributed by atoms with Gasteiger partial charge in [0.25, 0.3) is 0 Å². The SMILES string of the molecule is COC(=O)CC(C)C(O)c1ccc(F)c(C(F)(F)F)c1. The first kappa shape index (κ1) is 16.4. The standard InChI is InChI=1S/C13H14F4O3/c1-7(5-11(18)20-2)12(19)8-3-4-10(14)9(6-8)13(15,16)17/h3-4,6-7,12,19H,5H2,1-2H3. The summed E-state index contributed by atoms with van der Waals surface area (Å²) in [5.41, 5.74) is -1.55.